The van der Waals surface area contributed by atoms with Crippen molar-refractivity contribution in [3.63, 3.8) is 0 Å². The van der Waals surface area contributed by atoms with Gasteiger partial charge in [-0.2, -0.15) is 13.2 Å². The minimum Gasteiger partial charge on any atom is -0.390 e. The molecule has 7 heteroatoms. The molecule has 4 nitrogen and oxygen atoms in total. The number of aromatic nitrogens is 1. The van der Waals surface area contributed by atoms with Crippen LogP contribution in [0.4, 0.5) is 18.9 Å². The number of nitrogens with zero attached hydrogens (tertiary/aromatic N) is 1. The third-order valence-electron chi connectivity index (χ3n) is 4.06. The van der Waals surface area contributed by atoms with Gasteiger partial charge in [-0.15, -0.1) is 0 Å². The minimum absolute atomic E-state index is 0.198. The molecule has 3 rings (SSSR count). The SMILES string of the molecule is Cc1cc(N[C@@H]2CCNC[C@H]2O)c2cc(C(F)(F)F)ccc2n1. The van der Waals surface area contributed by atoms with Gasteiger partial charge in [0.25, 0.3) is 0 Å². The molecule has 1 aromatic carbocycles. The molecule has 0 amide bonds. The molecule has 124 valence electrons. The van der Waals surface area contributed by atoms with Gasteiger partial charge in [0, 0.05) is 23.3 Å². The Hall–Kier alpha value is -1.86. The maximum atomic E-state index is 13.0. The molecule has 1 aliphatic heterocycles. The van der Waals surface area contributed by atoms with Gasteiger partial charge in [0.1, 0.15) is 0 Å². The third kappa shape index (κ3) is 3.40. The number of alkyl halides is 3. The van der Waals surface area contributed by atoms with Crippen molar-refractivity contribution in [3.05, 3.63) is 35.5 Å². The molecule has 0 bridgehead atoms. The van der Waals surface area contributed by atoms with Gasteiger partial charge in [-0.25, -0.2) is 0 Å². The quantitative estimate of drug-likeness (QED) is 0.795. The van der Waals surface area contributed by atoms with Crippen LogP contribution in [0.3, 0.4) is 0 Å². The van der Waals surface area contributed by atoms with Gasteiger partial charge < -0.3 is 15.7 Å². The monoisotopic (exact) mass is 325 g/mol. The van der Waals surface area contributed by atoms with Crippen molar-refractivity contribution in [2.75, 3.05) is 18.4 Å². The summed E-state index contributed by atoms with van der Waals surface area (Å²) in [6.07, 6.45) is -4.29. The van der Waals surface area contributed by atoms with Crippen molar-refractivity contribution in [3.8, 4) is 0 Å². The molecule has 23 heavy (non-hydrogen) atoms. The van der Waals surface area contributed by atoms with Crippen LogP contribution in [0.2, 0.25) is 0 Å². The third-order valence-corrected chi connectivity index (χ3v) is 4.06. The molecule has 0 saturated carbocycles. The van der Waals surface area contributed by atoms with E-state index < -0.39 is 17.8 Å². The largest absolute Gasteiger partial charge is 0.416 e. The van der Waals surface area contributed by atoms with Gasteiger partial charge in [0.15, 0.2) is 0 Å². The Morgan fingerprint density at radius 3 is 2.78 bits per heavy atom. The summed E-state index contributed by atoms with van der Waals surface area (Å²) in [5.74, 6) is 0. The predicted molar refractivity (Wildman–Crippen MR) is 82.4 cm³/mol. The highest BCUT2D eigenvalue weighted by Gasteiger charge is 2.31. The van der Waals surface area contributed by atoms with E-state index in [-0.39, 0.29) is 6.04 Å². The number of rotatable bonds is 2. The van der Waals surface area contributed by atoms with Crippen LogP contribution in [0, 0.1) is 6.92 Å². The van der Waals surface area contributed by atoms with E-state index in [0.29, 0.717) is 35.2 Å². The fourth-order valence-corrected chi connectivity index (χ4v) is 2.86. The summed E-state index contributed by atoms with van der Waals surface area (Å²) < 4.78 is 38.9. The van der Waals surface area contributed by atoms with Crippen LogP contribution in [-0.2, 0) is 6.18 Å². The maximum absolute atomic E-state index is 13.0. The normalized spacial score (nSPS) is 22.3. The summed E-state index contributed by atoms with van der Waals surface area (Å²) in [7, 11) is 0. The van der Waals surface area contributed by atoms with Crippen molar-refractivity contribution >= 4 is 16.6 Å². The number of piperidine rings is 1. The van der Waals surface area contributed by atoms with Crippen LogP contribution >= 0.6 is 0 Å². The number of β-amino-alcohol motifs (C(OH)–C–C–N with tert-alkyl or cyclic N) is 1. The lowest BCUT2D eigenvalue weighted by Crippen LogP contribution is -2.47. The first-order valence-electron chi connectivity index (χ1n) is 7.48. The number of aliphatic hydroxyl groups excluding tert-OH is 1. The number of nitrogens with one attached hydrogen (secondary N) is 2. The van der Waals surface area contributed by atoms with E-state index >= 15 is 0 Å². The van der Waals surface area contributed by atoms with Gasteiger partial charge in [0.05, 0.1) is 23.2 Å². The number of pyridine rings is 1. The van der Waals surface area contributed by atoms with Crippen LogP contribution in [0.5, 0.6) is 0 Å². The molecule has 0 unspecified atom stereocenters. The van der Waals surface area contributed by atoms with Crippen LogP contribution < -0.4 is 10.6 Å². The fourth-order valence-electron chi connectivity index (χ4n) is 2.86. The lowest BCUT2D eigenvalue weighted by Gasteiger charge is -2.30. The highest BCUT2D eigenvalue weighted by Crippen LogP contribution is 2.34. The average molecular weight is 325 g/mol. The molecule has 1 aromatic heterocycles. The zero-order chi connectivity index (χ0) is 16.6. The van der Waals surface area contributed by atoms with E-state index in [9.17, 15) is 18.3 Å². The summed E-state index contributed by atoms with van der Waals surface area (Å²) in [6, 6.07) is 5.05. The molecule has 1 aliphatic rings. The molecule has 3 N–H and O–H groups in total. The van der Waals surface area contributed by atoms with Crippen molar-refractivity contribution in [1.29, 1.82) is 0 Å². The first-order chi connectivity index (χ1) is 10.8. The van der Waals surface area contributed by atoms with E-state index in [4.69, 9.17) is 0 Å². The lowest BCUT2D eigenvalue weighted by atomic mass is 10.0. The van der Waals surface area contributed by atoms with Gasteiger partial charge in [-0.3, -0.25) is 4.98 Å². The first-order valence-corrected chi connectivity index (χ1v) is 7.48. The predicted octanol–water partition coefficient (Wildman–Crippen LogP) is 2.70. The molecule has 2 aromatic rings. The Kier molecular flexibility index (Phi) is 4.16. The average Bonchev–Trinajstić information content (AvgIpc) is 2.48. The Morgan fingerprint density at radius 2 is 2.09 bits per heavy atom. The molecule has 1 fully saturated rings. The van der Waals surface area contributed by atoms with E-state index in [2.05, 4.69) is 15.6 Å². The second kappa shape index (κ2) is 5.98. The smallest absolute Gasteiger partial charge is 0.390 e. The number of hydrogen-bond acceptors (Lipinski definition) is 4. The van der Waals surface area contributed by atoms with E-state index in [1.165, 1.54) is 6.07 Å². The summed E-state index contributed by atoms with van der Waals surface area (Å²) in [6.45, 7) is 3.01. The zero-order valence-electron chi connectivity index (χ0n) is 12.6. The Bertz CT molecular complexity index is 718. The van der Waals surface area contributed by atoms with Gasteiger partial charge in [-0.1, -0.05) is 0 Å². The second-order valence-electron chi connectivity index (χ2n) is 5.85. The van der Waals surface area contributed by atoms with Crippen molar-refractivity contribution in [2.24, 2.45) is 0 Å². The Labute approximate surface area is 131 Å². The molecular weight excluding hydrogens is 307 g/mol. The Morgan fingerprint density at radius 1 is 1.30 bits per heavy atom. The number of hydrogen-bond donors (Lipinski definition) is 3. The van der Waals surface area contributed by atoms with Crippen molar-refractivity contribution < 1.29 is 18.3 Å². The molecule has 0 radical (unpaired) electrons. The Balaban J connectivity index is 2.03. The number of fused-ring (bicyclic) bond motifs is 1. The van der Waals surface area contributed by atoms with Gasteiger partial charge in [0.2, 0.25) is 0 Å². The molecule has 0 aliphatic carbocycles. The number of aryl methyl sites for hydroxylation is 1. The zero-order valence-corrected chi connectivity index (χ0v) is 12.6. The summed E-state index contributed by atoms with van der Waals surface area (Å²) in [5, 5.41) is 16.7. The van der Waals surface area contributed by atoms with Gasteiger partial charge >= 0.3 is 6.18 Å². The minimum atomic E-state index is -4.40. The molecule has 0 spiro atoms. The van der Waals surface area contributed by atoms with Crippen molar-refractivity contribution in [1.82, 2.24) is 10.3 Å². The summed E-state index contributed by atoms with van der Waals surface area (Å²) in [4.78, 5) is 4.29. The van der Waals surface area contributed by atoms with E-state index in [1.54, 1.807) is 13.0 Å². The number of aliphatic hydroxyl groups is 1. The van der Waals surface area contributed by atoms with Crippen molar-refractivity contribution in [2.45, 2.75) is 31.7 Å². The van der Waals surface area contributed by atoms with E-state index in [0.717, 1.165) is 18.7 Å². The highest BCUT2D eigenvalue weighted by atomic mass is 19.4. The molecule has 1 saturated heterocycles. The second-order valence-corrected chi connectivity index (χ2v) is 5.85. The van der Waals surface area contributed by atoms with Crippen LogP contribution in [0.25, 0.3) is 10.9 Å². The summed E-state index contributed by atoms with van der Waals surface area (Å²) in [5.41, 5.74) is 1.08. The number of anilines is 1. The number of halogens is 3. The topological polar surface area (TPSA) is 57.2 Å². The number of benzene rings is 1. The van der Waals surface area contributed by atoms with Gasteiger partial charge in [-0.05, 0) is 44.2 Å². The molecule has 2 atom stereocenters. The molecule has 2 heterocycles. The van der Waals surface area contributed by atoms with Crippen LogP contribution in [0.15, 0.2) is 24.3 Å². The summed E-state index contributed by atoms with van der Waals surface area (Å²) >= 11 is 0. The van der Waals surface area contributed by atoms with Crippen LogP contribution in [0.1, 0.15) is 17.7 Å². The first kappa shape index (κ1) is 16.0. The maximum Gasteiger partial charge on any atom is 0.416 e. The lowest BCUT2D eigenvalue weighted by molar-refractivity contribution is -0.137. The van der Waals surface area contributed by atoms with E-state index in [1.807, 2.05) is 0 Å². The van der Waals surface area contributed by atoms with Crippen LogP contribution in [-0.4, -0.2) is 35.3 Å². The highest BCUT2D eigenvalue weighted by molar-refractivity contribution is 5.92. The fraction of sp³-hybridized carbons (Fsp3) is 0.438. The standard InChI is InChI=1S/C16H18F3N3O/c1-9-6-14(22-13-4-5-20-8-15(13)23)11-7-10(16(17,18)19)2-3-12(11)21-9/h2-3,6-7,13,15,20,23H,4-5,8H2,1H3,(H,21,22)/t13-,15-/m1/s1. The molecular formula is C16H18F3N3O.